The van der Waals surface area contributed by atoms with Crippen LogP contribution in [0, 0.1) is 15.9 Å². The van der Waals surface area contributed by atoms with Gasteiger partial charge in [-0.3, -0.25) is 15.0 Å². The number of hydrogen-bond donors (Lipinski definition) is 0. The lowest BCUT2D eigenvalue weighted by Crippen LogP contribution is -2.44. The number of nitrogens with zero attached hydrogens (tertiary/aromatic N) is 2. The van der Waals surface area contributed by atoms with E-state index in [4.69, 9.17) is 14.2 Å². The Morgan fingerprint density at radius 1 is 1.33 bits per heavy atom. The molecule has 1 aromatic carbocycles. The maximum atomic E-state index is 13.5. The van der Waals surface area contributed by atoms with Gasteiger partial charge in [0, 0.05) is 18.6 Å². The van der Waals surface area contributed by atoms with E-state index in [9.17, 15) is 24.1 Å². The number of esters is 1. The van der Waals surface area contributed by atoms with Crippen LogP contribution >= 0.6 is 0 Å². The lowest BCUT2D eigenvalue weighted by Gasteiger charge is -2.27. The van der Waals surface area contributed by atoms with Crippen LogP contribution in [0.2, 0.25) is 0 Å². The van der Waals surface area contributed by atoms with E-state index in [1.807, 2.05) is 0 Å². The Kier molecular flexibility index (Phi) is 5.87. The molecule has 0 N–H and O–H groups in total. The second kappa shape index (κ2) is 7.77. The molecule has 0 unspecified atom stereocenters. The van der Waals surface area contributed by atoms with E-state index < -0.39 is 46.2 Å². The highest BCUT2D eigenvalue weighted by atomic mass is 19.1. The second-order valence-corrected chi connectivity index (χ2v) is 7.02. The number of carbonyl (C=O) groups excluding carboxylic acids is 2. The molecule has 0 radical (unpaired) electrons. The van der Waals surface area contributed by atoms with Crippen LogP contribution in [0.5, 0.6) is 5.75 Å². The summed E-state index contributed by atoms with van der Waals surface area (Å²) in [6.45, 7) is 4.97. The van der Waals surface area contributed by atoms with Crippen molar-refractivity contribution in [3.8, 4) is 5.75 Å². The van der Waals surface area contributed by atoms with Gasteiger partial charge in [0.15, 0.2) is 5.75 Å². The number of hydrogen-bond acceptors (Lipinski definition) is 7. The number of rotatable bonds is 4. The van der Waals surface area contributed by atoms with Crippen LogP contribution < -0.4 is 4.74 Å². The Hall–Kier alpha value is -2.91. The monoisotopic (exact) mass is 384 g/mol. The number of nitro benzene ring substituents is 1. The summed E-state index contributed by atoms with van der Waals surface area (Å²) in [5.74, 6) is -1.65. The highest BCUT2D eigenvalue weighted by Crippen LogP contribution is 2.32. The highest BCUT2D eigenvalue weighted by Gasteiger charge is 2.43. The molecule has 0 saturated carbocycles. The van der Waals surface area contributed by atoms with Crippen molar-refractivity contribution in [3.05, 3.63) is 34.1 Å². The van der Waals surface area contributed by atoms with Crippen LogP contribution in [0.25, 0.3) is 0 Å². The van der Waals surface area contributed by atoms with Gasteiger partial charge in [0.2, 0.25) is 0 Å². The van der Waals surface area contributed by atoms with E-state index in [1.165, 1.54) is 7.11 Å². The Labute approximate surface area is 155 Å². The molecule has 148 valence electrons. The minimum Gasteiger partial charge on any atom is -0.481 e. The van der Waals surface area contributed by atoms with Gasteiger partial charge in [-0.1, -0.05) is 0 Å². The Bertz CT molecular complexity index is 747. The summed E-state index contributed by atoms with van der Waals surface area (Å²) in [6, 6.07) is 1.86. The molecule has 0 aromatic heterocycles. The summed E-state index contributed by atoms with van der Waals surface area (Å²) in [6.07, 6.45) is -1.49. The number of amides is 1. The fraction of sp³-hybridized carbons (Fsp3) is 0.529. The summed E-state index contributed by atoms with van der Waals surface area (Å²) in [5, 5.41) is 11.1. The number of likely N-dealkylation sites (tertiary alicyclic amines) is 1. The smallest absolute Gasteiger partial charge is 0.411 e. The minimum atomic E-state index is -0.970. The van der Waals surface area contributed by atoms with E-state index in [1.54, 1.807) is 20.8 Å². The Morgan fingerprint density at radius 2 is 2.00 bits per heavy atom. The van der Waals surface area contributed by atoms with Gasteiger partial charge in [0.25, 0.3) is 0 Å². The lowest BCUT2D eigenvalue weighted by atomic mass is 10.2. The number of benzene rings is 1. The maximum absolute atomic E-state index is 13.5. The molecule has 9 nitrogen and oxygen atoms in total. The SMILES string of the molecule is COC(=O)[C@@H]1C[C@H](Oc2cc(F)ccc2[N+](=O)[O-])CN1C(=O)OC(C)(C)C. The topological polar surface area (TPSA) is 108 Å². The first-order valence-electron chi connectivity index (χ1n) is 8.20. The van der Waals surface area contributed by atoms with Crippen LogP contribution in [0.3, 0.4) is 0 Å². The molecule has 0 spiro atoms. The normalized spacial score (nSPS) is 19.5. The molecule has 1 fully saturated rings. The maximum Gasteiger partial charge on any atom is 0.411 e. The molecule has 1 aromatic rings. The van der Waals surface area contributed by atoms with Crippen LogP contribution in [0.15, 0.2) is 18.2 Å². The van der Waals surface area contributed by atoms with Crippen molar-refractivity contribution in [1.82, 2.24) is 4.90 Å². The zero-order chi connectivity index (χ0) is 20.4. The first kappa shape index (κ1) is 20.4. The Balaban J connectivity index is 2.23. The molecule has 2 rings (SSSR count). The zero-order valence-corrected chi connectivity index (χ0v) is 15.4. The average Bonchev–Trinajstić information content (AvgIpc) is 2.96. The van der Waals surface area contributed by atoms with Crippen molar-refractivity contribution >= 4 is 17.7 Å². The third kappa shape index (κ3) is 5.05. The van der Waals surface area contributed by atoms with Crippen LogP contribution in [0.1, 0.15) is 27.2 Å². The van der Waals surface area contributed by atoms with Gasteiger partial charge in [-0.2, -0.15) is 0 Å². The number of ether oxygens (including phenoxy) is 3. The lowest BCUT2D eigenvalue weighted by molar-refractivity contribution is -0.386. The summed E-state index contributed by atoms with van der Waals surface area (Å²) in [5.41, 5.74) is -1.19. The molecule has 1 aliphatic heterocycles. The van der Waals surface area contributed by atoms with Crippen molar-refractivity contribution in [1.29, 1.82) is 0 Å². The van der Waals surface area contributed by atoms with Crippen LogP contribution in [0.4, 0.5) is 14.9 Å². The molecule has 1 heterocycles. The van der Waals surface area contributed by atoms with E-state index in [-0.39, 0.29) is 18.7 Å². The molecular formula is C17H21FN2O7. The molecule has 1 amide bonds. The van der Waals surface area contributed by atoms with Gasteiger partial charge in [-0.05, 0) is 26.8 Å². The van der Waals surface area contributed by atoms with E-state index in [0.717, 1.165) is 23.1 Å². The van der Waals surface area contributed by atoms with Gasteiger partial charge in [-0.15, -0.1) is 0 Å². The predicted octanol–water partition coefficient (Wildman–Crippen LogP) is 2.66. The average molecular weight is 384 g/mol. The molecular weight excluding hydrogens is 363 g/mol. The van der Waals surface area contributed by atoms with E-state index >= 15 is 0 Å². The van der Waals surface area contributed by atoms with Crippen molar-refractivity contribution in [3.63, 3.8) is 0 Å². The standard InChI is InChI=1S/C17H21FN2O7/c1-17(2,3)27-16(22)19-9-11(8-13(19)15(21)25-4)26-14-7-10(18)5-6-12(14)20(23)24/h5-7,11,13H,8-9H2,1-4H3/t11-,13-/m0/s1. The van der Waals surface area contributed by atoms with Gasteiger partial charge in [-0.25, -0.2) is 14.0 Å². The van der Waals surface area contributed by atoms with E-state index in [2.05, 4.69) is 0 Å². The fourth-order valence-corrected chi connectivity index (χ4v) is 2.68. The van der Waals surface area contributed by atoms with Gasteiger partial charge >= 0.3 is 17.7 Å². The zero-order valence-electron chi connectivity index (χ0n) is 15.4. The third-order valence-corrected chi connectivity index (χ3v) is 3.78. The summed E-state index contributed by atoms with van der Waals surface area (Å²) < 4.78 is 29.0. The quantitative estimate of drug-likeness (QED) is 0.446. The molecule has 27 heavy (non-hydrogen) atoms. The van der Waals surface area contributed by atoms with Crippen LogP contribution in [-0.2, 0) is 14.3 Å². The van der Waals surface area contributed by atoms with E-state index in [0.29, 0.717) is 0 Å². The predicted molar refractivity (Wildman–Crippen MR) is 90.8 cm³/mol. The van der Waals surface area contributed by atoms with Crippen molar-refractivity contribution in [2.24, 2.45) is 0 Å². The summed E-state index contributed by atoms with van der Waals surface area (Å²) in [7, 11) is 1.18. The molecule has 2 atom stereocenters. The number of nitro groups is 1. The fourth-order valence-electron chi connectivity index (χ4n) is 2.68. The highest BCUT2D eigenvalue weighted by molar-refractivity contribution is 5.82. The van der Waals surface area contributed by atoms with Crippen molar-refractivity contribution in [2.75, 3.05) is 13.7 Å². The number of carbonyl (C=O) groups is 2. The van der Waals surface area contributed by atoms with Crippen LogP contribution in [-0.4, -0.2) is 53.3 Å². The van der Waals surface area contributed by atoms with Crippen molar-refractivity contribution < 1.29 is 33.1 Å². The number of halogens is 1. The first-order valence-corrected chi connectivity index (χ1v) is 8.20. The van der Waals surface area contributed by atoms with Gasteiger partial charge in [0.1, 0.15) is 23.6 Å². The van der Waals surface area contributed by atoms with Crippen molar-refractivity contribution in [2.45, 2.75) is 44.9 Å². The molecule has 0 aliphatic carbocycles. The minimum absolute atomic E-state index is 0.0274. The molecule has 10 heteroatoms. The summed E-state index contributed by atoms with van der Waals surface area (Å²) in [4.78, 5) is 36.0. The van der Waals surface area contributed by atoms with Gasteiger partial charge in [0.05, 0.1) is 18.6 Å². The molecule has 1 saturated heterocycles. The first-order chi connectivity index (χ1) is 12.5. The van der Waals surface area contributed by atoms with Gasteiger partial charge < -0.3 is 14.2 Å². The second-order valence-electron chi connectivity index (χ2n) is 7.02. The molecule has 0 bridgehead atoms. The largest absolute Gasteiger partial charge is 0.481 e. The summed E-state index contributed by atoms with van der Waals surface area (Å²) >= 11 is 0. The Morgan fingerprint density at radius 3 is 2.56 bits per heavy atom. The third-order valence-electron chi connectivity index (χ3n) is 3.78. The molecule has 1 aliphatic rings. The number of methoxy groups -OCH3 is 1.